The molecule has 25 N–H and O–H groups in total. The quantitative estimate of drug-likeness (QED) is 0.0175. The van der Waals surface area contributed by atoms with E-state index in [0.29, 0.717) is 9.92 Å². The zero-order valence-corrected chi connectivity index (χ0v) is 82.9. The first kappa shape index (κ1) is 111. The van der Waals surface area contributed by atoms with Gasteiger partial charge in [0.15, 0.2) is 47.4 Å². The summed E-state index contributed by atoms with van der Waals surface area (Å²) in [5, 5.41) is 132. The Labute approximate surface area is 846 Å². The number of carboxylic acid groups (broad SMARTS) is 1. The molecule has 8 amide bonds. The lowest BCUT2D eigenvalue weighted by atomic mass is 9.84. The van der Waals surface area contributed by atoms with Crippen molar-refractivity contribution < 1.29 is 175 Å². The molecule has 3 fully saturated rings. The van der Waals surface area contributed by atoms with Crippen LogP contribution in [0, 0.1) is 5.92 Å². The summed E-state index contributed by atoms with van der Waals surface area (Å²) in [7, 11) is -9.76. The molecular weight excluding hydrogens is 2040 g/mol. The van der Waals surface area contributed by atoms with Gasteiger partial charge in [-0.2, -0.15) is 0 Å². The molecular formula is C93H108Cl4N10O36P2. The van der Waals surface area contributed by atoms with Crippen LogP contribution in [0.25, 0.3) is 22.3 Å². The maximum Gasteiger partial charge on any atom is 0.413 e. The lowest BCUT2D eigenvalue weighted by Crippen LogP contribution is -2.65. The number of phenolic OH excluding ortho intramolecular Hbond substituents is 3. The van der Waals surface area contributed by atoms with E-state index < -0.39 is 354 Å². The maximum atomic E-state index is 16.8. The van der Waals surface area contributed by atoms with Crippen LogP contribution >= 0.6 is 61.6 Å². The average molecular weight is 2150 g/mol. The van der Waals surface area contributed by atoms with Crippen molar-refractivity contribution in [1.29, 1.82) is 0 Å². The van der Waals surface area contributed by atoms with E-state index in [1.165, 1.54) is 20.8 Å². The topological polar surface area (TPSA) is 720 Å². The number of ether oxygens (including phenoxy) is 10. The van der Waals surface area contributed by atoms with Gasteiger partial charge in [0, 0.05) is 71.7 Å². The Morgan fingerprint density at radius 2 is 1.24 bits per heavy atom. The highest BCUT2D eigenvalue weighted by Gasteiger charge is 2.54. The SMILES string of the molecule is CC(C)C[C@H](C(=O)N[C@H]1C(=O)N[C@@H](CC(N)=O)C(=O)N[C@H]2C(=O)N[C@H]3C(=O)N[C@H](C(=O)N[C@H](C(=O)O)c4cc(O)cc(O)c4-c4cc3ccc4O)[C@H](O[C@H]3C[C@](C)(N)[C@@H](O)[C@H](C)O3)c3cc(Cl)c(c(Cl)c3)Oc3cc2cc(c3O[C@H]2O[C@@H](CO)[C@@H](O)[C@H](O)[C@H]2O[C@@H]2C[C@@](C)(NCc3ccc(-c4ccc(Cl)cc4)cc3)[C@@H](O)[C@@H](C)O2)Oc2ccc(cc2Cl)[C@H]1O)N(C)C(=O)OCOC(=O)CCCC(P(=O)(O)O)P(=O)(O)O. The summed E-state index contributed by atoms with van der Waals surface area (Å²) in [6, 6.07) is 9.91. The smallest absolute Gasteiger partial charge is 0.413 e. The predicted molar refractivity (Wildman–Crippen MR) is 508 cm³/mol. The number of amides is 8. The summed E-state index contributed by atoms with van der Waals surface area (Å²) in [5.74, 6) is -20.3. The van der Waals surface area contributed by atoms with Crippen molar-refractivity contribution in [2.75, 3.05) is 20.4 Å². The number of aliphatic carboxylic acids is 1. The van der Waals surface area contributed by atoms with Crippen LogP contribution in [0.2, 0.25) is 20.1 Å². The molecule has 52 heteroatoms. The summed E-state index contributed by atoms with van der Waals surface area (Å²) < 4.78 is 86.7. The number of hydrogen-bond donors (Lipinski definition) is 23. The van der Waals surface area contributed by atoms with Crippen LogP contribution in [0.1, 0.15) is 150 Å². The third-order valence-corrected chi connectivity index (χ3v) is 30.4. The van der Waals surface area contributed by atoms with Crippen molar-refractivity contribution in [2.45, 2.75) is 232 Å². The van der Waals surface area contributed by atoms with E-state index >= 15 is 28.8 Å². The summed E-state index contributed by atoms with van der Waals surface area (Å²) >= 11 is 28.4. The zero-order valence-electron chi connectivity index (χ0n) is 78.1. The van der Waals surface area contributed by atoms with E-state index in [2.05, 4.69) is 37.2 Å². The number of nitrogens with zero attached hydrogens (tertiary/aromatic N) is 1. The molecule has 145 heavy (non-hydrogen) atoms. The van der Waals surface area contributed by atoms with E-state index in [0.717, 1.165) is 96.5 Å². The molecule has 0 radical (unpaired) electrons. The van der Waals surface area contributed by atoms with Gasteiger partial charge in [0.1, 0.15) is 89.8 Å². The number of carboxylic acids is 1. The number of aromatic hydroxyl groups is 3. The van der Waals surface area contributed by atoms with Gasteiger partial charge in [-0.1, -0.05) is 109 Å². The number of fused-ring (bicyclic) bond motifs is 15. The number of carbonyl (C=O) groups is 10. The number of aliphatic hydroxyl groups is 6. The van der Waals surface area contributed by atoms with Crippen molar-refractivity contribution in [3.63, 3.8) is 0 Å². The summed E-state index contributed by atoms with van der Waals surface area (Å²) in [4.78, 5) is 189. The molecule has 8 heterocycles. The first-order valence-corrected chi connectivity index (χ1v) is 50.0. The van der Waals surface area contributed by atoms with Gasteiger partial charge in [-0.25, -0.2) is 9.59 Å². The molecule has 7 aromatic rings. The van der Waals surface area contributed by atoms with Crippen LogP contribution in [-0.2, 0) is 92.0 Å². The van der Waals surface area contributed by atoms with Gasteiger partial charge in [0.25, 0.3) is 0 Å². The number of halogens is 4. The number of benzene rings is 7. The molecule has 0 unspecified atom stereocenters. The molecule has 15 rings (SSSR count). The average Bonchev–Trinajstić information content (AvgIpc) is 0.757. The van der Waals surface area contributed by atoms with Crippen LogP contribution in [0.5, 0.6) is 46.0 Å². The predicted octanol–water partition coefficient (Wildman–Crippen LogP) is 5.35. The second kappa shape index (κ2) is 45.6. The number of aliphatic hydroxyl groups excluding tert-OH is 6. The molecule has 8 aliphatic heterocycles. The Kier molecular flexibility index (Phi) is 34.9. The van der Waals surface area contributed by atoms with E-state index in [9.17, 15) is 98.9 Å². The fraction of sp³-hybridized carbons (Fsp3) is 0.441. The summed E-state index contributed by atoms with van der Waals surface area (Å²) in [6.07, 6.45) is -28.8. The molecule has 0 spiro atoms. The fourth-order valence-corrected chi connectivity index (χ4v) is 21.2. The van der Waals surface area contributed by atoms with Crippen LogP contribution < -0.4 is 62.9 Å². The van der Waals surface area contributed by atoms with Crippen LogP contribution in [0.15, 0.2) is 121 Å². The number of esters is 1. The molecule has 8 aliphatic rings. The van der Waals surface area contributed by atoms with Crippen LogP contribution in [0.3, 0.4) is 0 Å². The monoisotopic (exact) mass is 2140 g/mol. The van der Waals surface area contributed by atoms with E-state index in [-0.39, 0.29) is 30.5 Å². The number of nitrogens with one attached hydrogen (secondary N) is 7. The fourth-order valence-electron chi connectivity index (χ4n) is 17.7. The Bertz CT molecular complexity index is 6130. The van der Waals surface area contributed by atoms with Gasteiger partial charge in [0.05, 0.1) is 52.5 Å². The van der Waals surface area contributed by atoms with E-state index in [1.54, 1.807) is 32.9 Å². The van der Waals surface area contributed by atoms with Crippen molar-refractivity contribution in [1.82, 2.24) is 42.1 Å². The number of rotatable bonds is 27. The molecule has 0 aromatic heterocycles. The highest BCUT2D eigenvalue weighted by molar-refractivity contribution is 7.70. The normalized spacial score (nSPS) is 27.4. The molecule has 0 saturated carbocycles. The van der Waals surface area contributed by atoms with Crippen molar-refractivity contribution in [2.24, 2.45) is 17.4 Å². The second-order valence-corrected chi connectivity index (χ2v) is 42.4. The Hall–Kier alpha value is -11.2. The number of primary amides is 1. The molecule has 3 saturated heterocycles. The number of nitrogens with two attached hydrogens (primary N) is 2. The van der Waals surface area contributed by atoms with Gasteiger partial charge >= 0.3 is 33.2 Å². The summed E-state index contributed by atoms with van der Waals surface area (Å²) in [5.41, 5.74) is 8.51. The highest BCUT2D eigenvalue weighted by Crippen LogP contribution is 2.62. The molecule has 7 aromatic carbocycles. The van der Waals surface area contributed by atoms with Gasteiger partial charge < -0.3 is 167 Å². The minimum Gasteiger partial charge on any atom is -0.508 e. The van der Waals surface area contributed by atoms with Gasteiger partial charge in [-0.05, 0) is 159 Å². The number of likely N-dealkylation sites (N-methyl/N-ethyl adjacent to an activating group) is 1. The molecule has 46 nitrogen and oxygen atoms in total. The van der Waals surface area contributed by atoms with Gasteiger partial charge in [-0.15, -0.1) is 0 Å². The second-order valence-electron chi connectivity index (χ2n) is 36.7. The van der Waals surface area contributed by atoms with Crippen LogP contribution in [0.4, 0.5) is 4.79 Å². The number of hydrogen-bond acceptors (Lipinski definition) is 33. The molecule has 784 valence electrons. The van der Waals surface area contributed by atoms with E-state index in [4.69, 9.17) is 105 Å². The highest BCUT2D eigenvalue weighted by atomic mass is 35.5. The van der Waals surface area contributed by atoms with Crippen LogP contribution in [-0.4, -0.2) is 264 Å². The molecule has 0 aliphatic carbocycles. The zero-order chi connectivity index (χ0) is 106. The number of carbonyl (C=O) groups excluding carboxylic acids is 9. The van der Waals surface area contributed by atoms with Crippen molar-refractivity contribution in [3.8, 4) is 68.2 Å². The number of phenols is 3. The summed E-state index contributed by atoms with van der Waals surface area (Å²) in [6.45, 7) is 7.06. The third kappa shape index (κ3) is 25.8. The largest absolute Gasteiger partial charge is 0.508 e. The van der Waals surface area contributed by atoms with Crippen molar-refractivity contribution >= 4 is 121 Å². The third-order valence-electron chi connectivity index (χ3n) is 25.4. The molecule has 11 bridgehead atoms. The lowest BCUT2D eigenvalue weighted by Gasteiger charge is -2.48. The van der Waals surface area contributed by atoms with Crippen molar-refractivity contribution in [3.05, 3.63) is 175 Å². The Morgan fingerprint density at radius 3 is 1.86 bits per heavy atom. The lowest BCUT2D eigenvalue weighted by molar-refractivity contribution is -0.334. The Morgan fingerprint density at radius 1 is 0.641 bits per heavy atom. The minimum atomic E-state index is -5.39. The van der Waals surface area contributed by atoms with E-state index in [1.807, 2.05) is 36.4 Å². The van der Waals surface area contributed by atoms with Gasteiger partial charge in [0.2, 0.25) is 60.2 Å². The molecule has 22 atom stereocenters. The first-order chi connectivity index (χ1) is 68.1. The standard InChI is InChI=1S/C93H108Cl4N10O36P2/c1-38(2)23-56(107(7)91(127)135-37-134-64(113)9-8-10-67(144(128,129)130)145(131,132)133)84(120)105-72-74(114)45-18-22-59(52(95)25-45)138-60-28-46-29-61(79(60)143-90-80(76(116)75(115)62(36-108)140-90)142-66-34-93(6,82(118)40(4)137-66)100-35-41-11-13-42(14-12-41)43-15-19-48(94)20-16-43)139-78-53(96)26-47(27-54(78)97)77(141-65-33-92(5,99)81(117)39(3)136-65)73-88(124)104-71(89(125)126)51-30-49(109)31-58(111)68(51)50-24-44(17-21-57(50)110)69(85(121)106-73)103-86(122)70(46)102-83(119)55(32-63(98)112)101-87(72)123/h11-22,24-31,38-40,55-56,62,65-67,69-77,80-82,90,100,108-111,114-118H,8-10,23,32-37,99H2,1-7H3,(H2,98,112)(H,101,123)(H,102,119)(H,103,122)(H,104,124)(H,105,120)(H,106,121)(H,125,126)(H2,128,129,130)(H2,131,132,133)/t39-,40+,55-,56+,62-,65-,66+,69+,70+,71-,72+,73-,74+,75+,76-,77+,80+,81-,82-,90+,92-,93+/m0/s1. The minimum absolute atomic E-state index is 0.136. The first-order valence-electron chi connectivity index (χ1n) is 45.1. The van der Waals surface area contributed by atoms with Gasteiger partial charge in [-0.3, -0.25) is 52.4 Å². The Balaban J connectivity index is 0.978. The maximum absolute atomic E-state index is 16.8.